The van der Waals surface area contributed by atoms with Crippen LogP contribution in [0, 0.1) is 0 Å². The van der Waals surface area contributed by atoms with Crippen molar-refractivity contribution < 1.29 is 90.7 Å². The Morgan fingerprint density at radius 2 is 1.70 bits per heavy atom. The van der Waals surface area contributed by atoms with Gasteiger partial charge in [-0.1, -0.05) is 60.7 Å². The van der Waals surface area contributed by atoms with Gasteiger partial charge >= 0.3 is 57.5 Å². The van der Waals surface area contributed by atoms with E-state index in [0.29, 0.717) is 24.9 Å². The van der Waals surface area contributed by atoms with Crippen molar-refractivity contribution in [3.8, 4) is 0 Å². The smallest absolute Gasteiger partial charge is 0.548 e. The summed E-state index contributed by atoms with van der Waals surface area (Å²) in [5.74, 6) is -3.00. The summed E-state index contributed by atoms with van der Waals surface area (Å²) in [4.78, 5) is 67.1. The normalized spacial score (nSPS) is 23.9. The van der Waals surface area contributed by atoms with Crippen LogP contribution < -0.4 is 67.1 Å². The number of carbonyl (C=O) groups excluding carboxylic acids is 5. The fraction of sp³-hybridized carbons (Fsp3) is 0.414. The first-order valence-electron chi connectivity index (χ1n) is 13.4. The second kappa shape index (κ2) is 14.5. The molecule has 12 nitrogen and oxygen atoms in total. The summed E-state index contributed by atoms with van der Waals surface area (Å²) in [6.07, 6.45) is 0.390. The van der Waals surface area contributed by atoms with Gasteiger partial charge in [-0.15, -0.1) is 11.8 Å². The Morgan fingerprint density at radius 1 is 1.07 bits per heavy atom. The molecule has 3 heterocycles. The van der Waals surface area contributed by atoms with E-state index in [-0.39, 0.29) is 63.5 Å². The van der Waals surface area contributed by atoms with Gasteiger partial charge in [-0.3, -0.25) is 19.3 Å². The molecule has 43 heavy (non-hydrogen) atoms. The van der Waals surface area contributed by atoms with Crippen molar-refractivity contribution in [1.82, 2.24) is 20.4 Å². The van der Waals surface area contributed by atoms with Crippen LogP contribution in [-0.2, 0) is 30.5 Å². The molecule has 2 aromatic rings. The zero-order valence-corrected chi connectivity index (χ0v) is 28.1. The molecule has 3 aliphatic heterocycles. The molecule has 0 aromatic heterocycles. The van der Waals surface area contributed by atoms with Gasteiger partial charge in [0.15, 0.2) is 0 Å². The van der Waals surface area contributed by atoms with E-state index >= 15 is 0 Å². The molecular formula is C29H33KN4O8S. The number of nitrogens with zero attached hydrogens (tertiary/aromatic N) is 2. The Balaban J connectivity index is 0.00000253. The number of β-lactam (4-membered cyclic amide) rings is 1. The topological polar surface area (TPSA) is 180 Å². The summed E-state index contributed by atoms with van der Waals surface area (Å²) in [6, 6.07) is 13.7. The minimum Gasteiger partial charge on any atom is -0.548 e. The summed E-state index contributed by atoms with van der Waals surface area (Å²) in [5.41, 5.74) is 1.31. The van der Waals surface area contributed by atoms with Gasteiger partial charge in [0.2, 0.25) is 17.7 Å². The summed E-state index contributed by atoms with van der Waals surface area (Å²) in [5, 5.41) is 16.6. The maximum Gasteiger partial charge on any atom is 1.00 e. The number of nitrogens with one attached hydrogen (secondary N) is 2. The number of likely N-dealkylation sites (tertiary alicyclic amines) is 1. The summed E-state index contributed by atoms with van der Waals surface area (Å²) < 4.78 is 4.64. The molecule has 3 aliphatic rings. The van der Waals surface area contributed by atoms with Crippen molar-refractivity contribution >= 4 is 41.5 Å². The maximum atomic E-state index is 13.5. The number of hydrogen-bond acceptors (Lipinski definition) is 8. The molecule has 0 radical (unpaired) electrons. The predicted octanol–water partition coefficient (Wildman–Crippen LogP) is -2.88. The van der Waals surface area contributed by atoms with Crippen molar-refractivity contribution in [3.63, 3.8) is 0 Å². The fourth-order valence-electron chi connectivity index (χ4n) is 5.61. The SMILES string of the molecule is CC1(C)S[C@@H]2[C@H](NC(=O)C(NC(=O)[C@H]3CCCN3C(=O)OCc3ccccc3)c3ccccc3)C(=O)N2[C@H]1C(=O)[O-].O.[K+]. The average Bonchev–Trinajstić information content (AvgIpc) is 3.55. The van der Waals surface area contributed by atoms with Crippen LogP contribution in [0.2, 0.25) is 0 Å². The largest absolute Gasteiger partial charge is 1.00 e. The molecule has 5 atom stereocenters. The third-order valence-electron chi connectivity index (χ3n) is 7.64. The number of benzene rings is 2. The molecule has 14 heteroatoms. The average molecular weight is 637 g/mol. The number of rotatable bonds is 8. The van der Waals surface area contributed by atoms with Crippen molar-refractivity contribution in [2.75, 3.05) is 6.54 Å². The standard InChI is InChI=1S/C29H32N4O7S.K.H2O/c1-29(2)22(27(37)38)33-25(36)21(26(33)41-29)31-24(35)20(18-12-7-4-8-13-18)30-23(34)19-14-9-15-32(19)28(39)40-16-17-10-5-3-6-11-17;;/h3-8,10-13,19-22,26H,9,14-16H2,1-2H3,(H,30,34)(H,31,35)(H,37,38);;1H2/q;+1;/p-1/t19-,20?,21-,22+,26-;;/m1../s1. The first kappa shape index (κ1) is 35.0. The van der Waals surface area contributed by atoms with Crippen LogP contribution in [0.15, 0.2) is 60.7 Å². The Labute approximate surface area is 296 Å². The minimum absolute atomic E-state index is 0. The van der Waals surface area contributed by atoms with Gasteiger partial charge in [0.05, 0.1) is 12.0 Å². The van der Waals surface area contributed by atoms with Gasteiger partial charge in [-0.05, 0) is 37.8 Å². The van der Waals surface area contributed by atoms with E-state index in [9.17, 15) is 29.1 Å². The van der Waals surface area contributed by atoms with Gasteiger partial charge in [0.25, 0.3) is 0 Å². The number of fused-ring (bicyclic) bond motifs is 1. The molecule has 4 amide bonds. The number of amides is 4. The molecular weight excluding hydrogens is 604 g/mol. The predicted molar refractivity (Wildman–Crippen MR) is 150 cm³/mol. The van der Waals surface area contributed by atoms with Gasteiger partial charge in [-0.2, -0.15) is 0 Å². The summed E-state index contributed by atoms with van der Waals surface area (Å²) in [6.45, 7) is 3.84. The number of thioether (sulfide) groups is 1. The van der Waals surface area contributed by atoms with Crippen molar-refractivity contribution in [3.05, 3.63) is 71.8 Å². The molecule has 0 aliphatic carbocycles. The number of carboxylic acid groups (broad SMARTS) is 1. The number of carboxylic acids is 1. The molecule has 224 valence electrons. The molecule has 0 spiro atoms. The van der Waals surface area contributed by atoms with Crippen molar-refractivity contribution in [2.45, 2.75) is 67.6 Å². The zero-order valence-electron chi connectivity index (χ0n) is 24.1. The summed E-state index contributed by atoms with van der Waals surface area (Å²) >= 11 is 1.28. The molecule has 4 N–H and O–H groups in total. The number of ether oxygens (including phenoxy) is 1. The monoisotopic (exact) mass is 636 g/mol. The Bertz CT molecular complexity index is 1350. The Morgan fingerprint density at radius 3 is 2.33 bits per heavy atom. The molecule has 3 saturated heterocycles. The van der Waals surface area contributed by atoms with Crippen LogP contribution in [0.1, 0.15) is 43.9 Å². The molecule has 0 bridgehead atoms. The molecule has 3 fully saturated rings. The van der Waals surface area contributed by atoms with Gasteiger partial charge in [-0.25, -0.2) is 4.79 Å². The first-order valence-corrected chi connectivity index (χ1v) is 14.3. The first-order chi connectivity index (χ1) is 19.6. The molecule has 0 saturated carbocycles. The maximum absolute atomic E-state index is 13.5. The number of carbonyl (C=O) groups is 5. The second-order valence-electron chi connectivity index (χ2n) is 10.8. The quantitative estimate of drug-likeness (QED) is 0.229. The molecule has 5 rings (SSSR count). The van der Waals surface area contributed by atoms with Crippen LogP contribution in [0.25, 0.3) is 0 Å². The van der Waals surface area contributed by atoms with Crippen LogP contribution in [-0.4, -0.2) is 79.9 Å². The van der Waals surface area contributed by atoms with Crippen LogP contribution >= 0.6 is 11.8 Å². The molecule has 1 unspecified atom stereocenters. The van der Waals surface area contributed by atoms with Gasteiger partial charge in [0, 0.05) is 11.3 Å². The minimum atomic E-state index is -1.35. The number of aliphatic carboxylic acids is 1. The van der Waals surface area contributed by atoms with E-state index in [1.54, 1.807) is 44.2 Å². The van der Waals surface area contributed by atoms with Crippen LogP contribution in [0.4, 0.5) is 4.79 Å². The van der Waals surface area contributed by atoms with E-state index in [1.165, 1.54) is 21.6 Å². The van der Waals surface area contributed by atoms with Crippen LogP contribution in [0.5, 0.6) is 0 Å². The van der Waals surface area contributed by atoms with E-state index < -0.39 is 64.1 Å². The summed E-state index contributed by atoms with van der Waals surface area (Å²) in [7, 11) is 0. The molecule has 2 aromatic carbocycles. The van der Waals surface area contributed by atoms with Crippen LogP contribution in [0.3, 0.4) is 0 Å². The van der Waals surface area contributed by atoms with E-state index in [0.717, 1.165) is 5.56 Å². The Hall–Kier alpha value is -2.46. The second-order valence-corrected chi connectivity index (χ2v) is 12.6. The van der Waals surface area contributed by atoms with E-state index in [4.69, 9.17) is 4.74 Å². The van der Waals surface area contributed by atoms with Crippen molar-refractivity contribution in [2.24, 2.45) is 0 Å². The van der Waals surface area contributed by atoms with Crippen molar-refractivity contribution in [1.29, 1.82) is 0 Å². The third-order valence-corrected chi connectivity index (χ3v) is 9.21. The third kappa shape index (κ3) is 7.27. The zero-order chi connectivity index (χ0) is 29.3. The van der Waals surface area contributed by atoms with E-state index in [1.807, 2.05) is 30.3 Å². The van der Waals surface area contributed by atoms with Gasteiger partial charge < -0.3 is 35.6 Å². The number of hydrogen-bond donors (Lipinski definition) is 2. The van der Waals surface area contributed by atoms with E-state index in [2.05, 4.69) is 10.6 Å². The van der Waals surface area contributed by atoms with Gasteiger partial charge in [0.1, 0.15) is 30.1 Å². The fourth-order valence-corrected chi connectivity index (χ4v) is 7.23. The Kier molecular flexibility index (Phi) is 11.8.